The molecular weight excluding hydrogens is 346 g/mol. The fourth-order valence-corrected chi connectivity index (χ4v) is 3.59. The van der Waals surface area contributed by atoms with Gasteiger partial charge in [0.2, 0.25) is 5.95 Å². The molecule has 1 saturated heterocycles. The molecule has 0 radical (unpaired) electrons. The lowest BCUT2D eigenvalue weighted by atomic mass is 10.1. The second kappa shape index (κ2) is 9.19. The van der Waals surface area contributed by atoms with Gasteiger partial charge in [0.15, 0.2) is 0 Å². The second-order valence-corrected chi connectivity index (χ2v) is 7.31. The summed E-state index contributed by atoms with van der Waals surface area (Å²) in [5.74, 6) is 1.40. The molecule has 1 aromatic heterocycles. The Bertz CT molecular complexity index is 728. The van der Waals surface area contributed by atoms with E-state index >= 15 is 0 Å². The van der Waals surface area contributed by atoms with Gasteiger partial charge >= 0.3 is 0 Å². The van der Waals surface area contributed by atoms with Crippen molar-refractivity contribution in [2.75, 3.05) is 37.3 Å². The molecule has 0 amide bonds. The number of anilines is 3. The van der Waals surface area contributed by atoms with Gasteiger partial charge in [0.25, 0.3) is 0 Å². The first-order valence-electron chi connectivity index (χ1n) is 9.45. The summed E-state index contributed by atoms with van der Waals surface area (Å²) >= 11 is 6.40. The van der Waals surface area contributed by atoms with Crippen molar-refractivity contribution in [1.82, 2.24) is 14.9 Å². The number of nitrogens with one attached hydrogen (secondary N) is 2. The number of likely N-dealkylation sites (tertiary alicyclic amines) is 1. The van der Waals surface area contributed by atoms with Crippen molar-refractivity contribution >= 4 is 29.1 Å². The molecule has 1 aliphatic heterocycles. The standard InChI is InChI=1S/C20H28ClN5/c1-15-13-19(22-2)25-20(23-15)24-17-8-9-18(21)16(14-17)7-3-4-10-26-11-5-6-12-26/h8-9,13-14H,3-7,10-12H2,1-2H3,(H2,22,23,24,25). The summed E-state index contributed by atoms with van der Waals surface area (Å²) in [5, 5.41) is 7.18. The number of rotatable bonds is 8. The molecule has 140 valence electrons. The highest BCUT2D eigenvalue weighted by molar-refractivity contribution is 6.31. The van der Waals surface area contributed by atoms with Gasteiger partial charge in [-0.1, -0.05) is 11.6 Å². The number of aromatic nitrogens is 2. The van der Waals surface area contributed by atoms with Crippen LogP contribution >= 0.6 is 11.6 Å². The third-order valence-electron chi connectivity index (χ3n) is 4.78. The average Bonchev–Trinajstić information content (AvgIpc) is 3.14. The molecule has 26 heavy (non-hydrogen) atoms. The van der Waals surface area contributed by atoms with E-state index in [9.17, 15) is 0 Å². The minimum absolute atomic E-state index is 0.594. The van der Waals surface area contributed by atoms with Gasteiger partial charge in [0, 0.05) is 29.5 Å². The van der Waals surface area contributed by atoms with Gasteiger partial charge in [-0.15, -0.1) is 0 Å². The van der Waals surface area contributed by atoms with Crippen LogP contribution in [0.2, 0.25) is 5.02 Å². The summed E-state index contributed by atoms with van der Waals surface area (Å²) in [4.78, 5) is 11.5. The Morgan fingerprint density at radius 3 is 2.69 bits per heavy atom. The van der Waals surface area contributed by atoms with Crippen molar-refractivity contribution in [2.24, 2.45) is 0 Å². The summed E-state index contributed by atoms with van der Waals surface area (Å²) in [6.45, 7) is 5.71. The van der Waals surface area contributed by atoms with Crippen LogP contribution in [0.5, 0.6) is 0 Å². The number of unbranched alkanes of at least 4 members (excludes halogenated alkanes) is 1. The van der Waals surface area contributed by atoms with Crippen LogP contribution in [0.15, 0.2) is 24.3 Å². The van der Waals surface area contributed by atoms with Crippen LogP contribution in [0.3, 0.4) is 0 Å². The molecule has 1 fully saturated rings. The van der Waals surface area contributed by atoms with Gasteiger partial charge in [-0.3, -0.25) is 0 Å². The molecule has 0 atom stereocenters. The fourth-order valence-electron chi connectivity index (χ4n) is 3.38. The topological polar surface area (TPSA) is 53.1 Å². The molecule has 0 bridgehead atoms. The van der Waals surface area contributed by atoms with Crippen molar-refractivity contribution in [3.05, 3.63) is 40.5 Å². The van der Waals surface area contributed by atoms with E-state index in [0.29, 0.717) is 5.95 Å². The number of hydrogen-bond acceptors (Lipinski definition) is 5. The van der Waals surface area contributed by atoms with Crippen molar-refractivity contribution in [2.45, 2.75) is 39.0 Å². The molecule has 5 nitrogen and oxygen atoms in total. The minimum atomic E-state index is 0.594. The highest BCUT2D eigenvalue weighted by atomic mass is 35.5. The molecule has 2 aromatic rings. The first-order chi connectivity index (χ1) is 12.6. The van der Waals surface area contributed by atoms with E-state index in [2.05, 4.69) is 31.6 Å². The zero-order valence-electron chi connectivity index (χ0n) is 15.7. The van der Waals surface area contributed by atoms with Gasteiger partial charge in [-0.2, -0.15) is 4.98 Å². The maximum Gasteiger partial charge on any atom is 0.229 e. The fraction of sp³-hybridized carbons (Fsp3) is 0.500. The van der Waals surface area contributed by atoms with Crippen LogP contribution in [0, 0.1) is 6.92 Å². The lowest BCUT2D eigenvalue weighted by Gasteiger charge is -2.14. The predicted octanol–water partition coefficient (Wildman–Crippen LogP) is 4.64. The molecule has 0 saturated carbocycles. The molecule has 2 N–H and O–H groups in total. The Morgan fingerprint density at radius 2 is 1.92 bits per heavy atom. The number of aryl methyl sites for hydroxylation is 2. The van der Waals surface area contributed by atoms with Crippen LogP contribution in [0.1, 0.15) is 36.9 Å². The van der Waals surface area contributed by atoms with E-state index in [1.54, 1.807) is 0 Å². The summed E-state index contributed by atoms with van der Waals surface area (Å²) in [6, 6.07) is 7.96. The number of benzene rings is 1. The molecule has 0 spiro atoms. The molecular formula is C20H28ClN5. The zero-order chi connectivity index (χ0) is 18.4. The van der Waals surface area contributed by atoms with Crippen molar-refractivity contribution in [3.8, 4) is 0 Å². The Kier molecular flexibility index (Phi) is 6.69. The lowest BCUT2D eigenvalue weighted by Crippen LogP contribution is -2.20. The Labute approximate surface area is 161 Å². The highest BCUT2D eigenvalue weighted by Crippen LogP contribution is 2.24. The normalized spacial score (nSPS) is 14.6. The monoisotopic (exact) mass is 373 g/mol. The van der Waals surface area contributed by atoms with E-state index in [1.807, 2.05) is 32.2 Å². The molecule has 1 aliphatic rings. The van der Waals surface area contributed by atoms with Crippen LogP contribution in [0.25, 0.3) is 0 Å². The van der Waals surface area contributed by atoms with Crippen molar-refractivity contribution < 1.29 is 0 Å². The quantitative estimate of drug-likeness (QED) is 0.660. The third-order valence-corrected chi connectivity index (χ3v) is 5.15. The van der Waals surface area contributed by atoms with Crippen molar-refractivity contribution in [1.29, 1.82) is 0 Å². The van der Waals surface area contributed by atoms with Gasteiger partial charge in [0.1, 0.15) is 5.82 Å². The summed E-state index contributed by atoms with van der Waals surface area (Å²) < 4.78 is 0. The van der Waals surface area contributed by atoms with E-state index < -0.39 is 0 Å². The van der Waals surface area contributed by atoms with E-state index in [4.69, 9.17) is 11.6 Å². The van der Waals surface area contributed by atoms with Crippen molar-refractivity contribution in [3.63, 3.8) is 0 Å². The largest absolute Gasteiger partial charge is 0.373 e. The summed E-state index contributed by atoms with van der Waals surface area (Å²) in [5.41, 5.74) is 3.07. The first-order valence-corrected chi connectivity index (χ1v) is 9.83. The summed E-state index contributed by atoms with van der Waals surface area (Å²) in [7, 11) is 1.86. The second-order valence-electron chi connectivity index (χ2n) is 6.91. The number of hydrogen-bond donors (Lipinski definition) is 2. The highest BCUT2D eigenvalue weighted by Gasteiger charge is 2.11. The smallest absolute Gasteiger partial charge is 0.229 e. The molecule has 6 heteroatoms. The van der Waals surface area contributed by atoms with Crippen LogP contribution in [-0.4, -0.2) is 41.5 Å². The molecule has 3 rings (SSSR count). The Hall–Kier alpha value is -1.85. The summed E-state index contributed by atoms with van der Waals surface area (Å²) in [6.07, 6.45) is 6.09. The number of nitrogens with zero attached hydrogens (tertiary/aromatic N) is 3. The zero-order valence-corrected chi connectivity index (χ0v) is 16.4. The Balaban J connectivity index is 1.59. The Morgan fingerprint density at radius 1 is 1.12 bits per heavy atom. The van der Waals surface area contributed by atoms with Gasteiger partial charge in [0.05, 0.1) is 0 Å². The van der Waals surface area contributed by atoms with Crippen LogP contribution in [0.4, 0.5) is 17.5 Å². The lowest BCUT2D eigenvalue weighted by molar-refractivity contribution is 0.330. The predicted molar refractivity (Wildman–Crippen MR) is 110 cm³/mol. The van der Waals surface area contributed by atoms with Crippen LogP contribution in [-0.2, 0) is 6.42 Å². The molecule has 2 heterocycles. The van der Waals surface area contributed by atoms with Gasteiger partial charge < -0.3 is 15.5 Å². The number of halogens is 1. The van der Waals surface area contributed by atoms with E-state index in [1.165, 1.54) is 44.5 Å². The molecule has 0 unspecified atom stereocenters. The third kappa shape index (κ3) is 5.32. The maximum atomic E-state index is 6.40. The minimum Gasteiger partial charge on any atom is -0.373 e. The van der Waals surface area contributed by atoms with E-state index in [-0.39, 0.29) is 0 Å². The van der Waals surface area contributed by atoms with E-state index in [0.717, 1.165) is 35.1 Å². The SMILES string of the molecule is CNc1cc(C)nc(Nc2ccc(Cl)c(CCCCN3CCCC3)c2)n1. The first kappa shape index (κ1) is 18.9. The molecule has 0 aliphatic carbocycles. The maximum absolute atomic E-state index is 6.40. The van der Waals surface area contributed by atoms with Gasteiger partial charge in [-0.25, -0.2) is 4.98 Å². The van der Waals surface area contributed by atoms with Gasteiger partial charge in [-0.05, 0) is 82.4 Å². The molecule has 1 aromatic carbocycles. The van der Waals surface area contributed by atoms with Crippen LogP contribution < -0.4 is 10.6 Å². The average molecular weight is 374 g/mol.